The van der Waals surface area contributed by atoms with Crippen LogP contribution in [0.1, 0.15) is 31.5 Å². The van der Waals surface area contributed by atoms with Gasteiger partial charge in [0.05, 0.1) is 23.0 Å². The summed E-state index contributed by atoms with van der Waals surface area (Å²) >= 11 is 1.46. The van der Waals surface area contributed by atoms with Gasteiger partial charge in [-0.3, -0.25) is 9.48 Å². The minimum absolute atomic E-state index is 0.0392. The van der Waals surface area contributed by atoms with E-state index in [9.17, 15) is 10.1 Å². The average Bonchev–Trinajstić information content (AvgIpc) is 3.37. The molecule has 0 fully saturated rings. The molecule has 2 aromatic carbocycles. The smallest absolute Gasteiger partial charge is 0.195 e. The Morgan fingerprint density at radius 2 is 2.10 bits per heavy atom. The van der Waals surface area contributed by atoms with Gasteiger partial charge < -0.3 is 5.32 Å². The van der Waals surface area contributed by atoms with Crippen LogP contribution in [0.3, 0.4) is 0 Å². The number of nitriles is 1. The van der Waals surface area contributed by atoms with Crippen molar-refractivity contribution in [3.05, 3.63) is 69.3 Å². The minimum Gasteiger partial charge on any atom is -0.311 e. The molecule has 0 spiro atoms. The van der Waals surface area contributed by atoms with E-state index in [-0.39, 0.29) is 12.2 Å². The number of Topliss-reactive ketones (excluding diaryl/α,β-unsaturated/α-hetero) is 1. The van der Waals surface area contributed by atoms with E-state index in [1.165, 1.54) is 11.3 Å². The van der Waals surface area contributed by atoms with Crippen LogP contribution in [0.4, 0.5) is 0 Å². The first-order valence-electron chi connectivity index (χ1n) is 9.81. The fraction of sp³-hybridized carbons (Fsp3) is 0.217. The number of aromatic nitrogens is 3. The van der Waals surface area contributed by atoms with Gasteiger partial charge in [-0.25, -0.2) is 4.98 Å². The fourth-order valence-electron chi connectivity index (χ4n) is 4.01. The molecule has 0 atom stereocenters. The van der Waals surface area contributed by atoms with E-state index >= 15 is 0 Å². The molecule has 0 saturated heterocycles. The lowest BCUT2D eigenvalue weighted by Gasteiger charge is -2.10. The van der Waals surface area contributed by atoms with Crippen molar-refractivity contribution in [3.63, 3.8) is 0 Å². The Hall–Kier alpha value is -3.34. The number of ketones is 1. The van der Waals surface area contributed by atoms with Crippen LogP contribution in [0.25, 0.3) is 22.0 Å². The van der Waals surface area contributed by atoms with Gasteiger partial charge >= 0.3 is 0 Å². The van der Waals surface area contributed by atoms with Gasteiger partial charge in [0.15, 0.2) is 10.8 Å². The quantitative estimate of drug-likeness (QED) is 0.517. The molecular weight excluding hydrogens is 394 g/mol. The summed E-state index contributed by atoms with van der Waals surface area (Å²) in [4.78, 5) is 18.7. The molecule has 4 aromatic rings. The molecule has 0 radical (unpaired) electrons. The molecule has 2 aromatic heterocycles. The van der Waals surface area contributed by atoms with Gasteiger partial charge in [0.1, 0.15) is 6.07 Å². The van der Waals surface area contributed by atoms with E-state index in [0.29, 0.717) is 10.6 Å². The Labute approximate surface area is 177 Å². The van der Waals surface area contributed by atoms with Crippen molar-refractivity contribution < 1.29 is 4.79 Å². The maximum absolute atomic E-state index is 13.0. The summed E-state index contributed by atoms with van der Waals surface area (Å²) in [6.07, 6.45) is 2.84. The Kier molecular flexibility index (Phi) is 4.66. The minimum atomic E-state index is -0.0392. The van der Waals surface area contributed by atoms with E-state index in [1.54, 1.807) is 0 Å². The third kappa shape index (κ3) is 3.11. The Balaban J connectivity index is 1.53. The normalized spacial score (nSPS) is 13.2. The first-order valence-corrected chi connectivity index (χ1v) is 10.6. The lowest BCUT2D eigenvalue weighted by Crippen LogP contribution is -2.22. The molecule has 0 aliphatic carbocycles. The summed E-state index contributed by atoms with van der Waals surface area (Å²) in [7, 11) is 1.90. The second-order valence-corrected chi connectivity index (χ2v) is 8.46. The molecule has 0 unspecified atom stereocenters. The van der Waals surface area contributed by atoms with Gasteiger partial charge in [-0.2, -0.15) is 10.4 Å². The first-order chi connectivity index (χ1) is 14.7. The summed E-state index contributed by atoms with van der Waals surface area (Å²) in [5, 5.41) is 19.1. The third-order valence-electron chi connectivity index (χ3n) is 5.54. The second-order valence-electron chi connectivity index (χ2n) is 7.37. The number of benzene rings is 2. The number of rotatable bonds is 4. The molecular formula is C23H19N5OS. The molecule has 1 aliphatic heterocycles. The monoisotopic (exact) mass is 413 g/mol. The number of hydrogen-bond donors (Lipinski definition) is 1. The van der Waals surface area contributed by atoms with Gasteiger partial charge in [-0.05, 0) is 17.2 Å². The lowest BCUT2D eigenvalue weighted by atomic mass is 9.92. The third-order valence-corrected chi connectivity index (χ3v) is 6.68. The summed E-state index contributed by atoms with van der Waals surface area (Å²) < 4.78 is 1.82. The molecule has 1 aliphatic rings. The lowest BCUT2D eigenvalue weighted by molar-refractivity contribution is 0.0992. The van der Waals surface area contributed by atoms with Gasteiger partial charge in [-0.15, -0.1) is 11.3 Å². The summed E-state index contributed by atoms with van der Waals surface area (Å²) in [5.41, 5.74) is 5.06. The number of nitrogens with zero attached hydrogens (tertiary/aromatic N) is 4. The Morgan fingerprint density at radius 1 is 1.27 bits per heavy atom. The number of nitrogens with one attached hydrogen (secondary N) is 1. The van der Waals surface area contributed by atoms with Crippen LogP contribution in [0, 0.1) is 11.3 Å². The highest BCUT2D eigenvalue weighted by molar-refractivity contribution is 7.13. The van der Waals surface area contributed by atoms with Crippen LogP contribution in [0.5, 0.6) is 0 Å². The summed E-state index contributed by atoms with van der Waals surface area (Å²) in [6, 6.07) is 14.0. The Morgan fingerprint density at radius 3 is 2.93 bits per heavy atom. The number of aryl methyl sites for hydroxylation is 1. The average molecular weight is 414 g/mol. The molecule has 3 heterocycles. The van der Waals surface area contributed by atoms with Crippen molar-refractivity contribution in [2.75, 3.05) is 6.54 Å². The zero-order valence-corrected chi connectivity index (χ0v) is 17.3. The topological polar surface area (TPSA) is 83.6 Å². The molecule has 6 nitrogen and oxygen atoms in total. The first kappa shape index (κ1) is 18.7. The van der Waals surface area contributed by atoms with E-state index in [0.717, 1.165) is 57.7 Å². The van der Waals surface area contributed by atoms with Crippen molar-refractivity contribution in [2.45, 2.75) is 19.4 Å². The van der Waals surface area contributed by atoms with Crippen LogP contribution in [0.2, 0.25) is 0 Å². The fourth-order valence-corrected chi connectivity index (χ4v) is 5.02. The number of thiazole rings is 1. The maximum Gasteiger partial charge on any atom is 0.195 e. The predicted octanol–water partition coefficient (Wildman–Crippen LogP) is 3.64. The second kappa shape index (κ2) is 7.48. The summed E-state index contributed by atoms with van der Waals surface area (Å²) in [6.45, 7) is 1.67. The van der Waals surface area contributed by atoms with Gasteiger partial charge in [0, 0.05) is 48.8 Å². The van der Waals surface area contributed by atoms with E-state index in [2.05, 4.69) is 21.5 Å². The molecule has 0 amide bonds. The van der Waals surface area contributed by atoms with Crippen LogP contribution < -0.4 is 5.32 Å². The SMILES string of the molecule is Cn1ncc2c(-c3cccc(CC(=O)c4nc5c(s4)CNCC5)c3C#N)cccc21. The van der Waals surface area contributed by atoms with Gasteiger partial charge in [0.2, 0.25) is 0 Å². The maximum atomic E-state index is 13.0. The standard InChI is InChI=1S/C23H19N5OS/c1-28-20-7-3-6-16(18(20)12-26-28)15-5-2-4-14(17(15)11-24)10-21(29)23-27-19-8-9-25-13-22(19)30-23/h2-7,12,25H,8-10,13H2,1H3. The van der Waals surface area contributed by atoms with Crippen LogP contribution in [0.15, 0.2) is 42.6 Å². The molecule has 1 N–H and O–H groups in total. The highest BCUT2D eigenvalue weighted by atomic mass is 32.1. The van der Waals surface area contributed by atoms with E-state index < -0.39 is 0 Å². The number of hydrogen-bond acceptors (Lipinski definition) is 6. The van der Waals surface area contributed by atoms with Crippen molar-refractivity contribution >= 4 is 28.0 Å². The Bertz CT molecular complexity index is 1300. The van der Waals surface area contributed by atoms with Crippen LogP contribution in [-0.2, 0) is 26.4 Å². The largest absolute Gasteiger partial charge is 0.311 e. The highest BCUT2D eigenvalue weighted by Crippen LogP contribution is 2.32. The van der Waals surface area contributed by atoms with Crippen molar-refractivity contribution in [3.8, 4) is 17.2 Å². The number of carbonyl (C=O) groups excluding carboxylic acids is 1. The number of fused-ring (bicyclic) bond motifs is 2. The van der Waals surface area contributed by atoms with Crippen molar-refractivity contribution in [1.29, 1.82) is 5.26 Å². The molecule has 0 saturated carbocycles. The molecule has 0 bridgehead atoms. The number of carbonyl (C=O) groups is 1. The zero-order valence-electron chi connectivity index (χ0n) is 16.5. The van der Waals surface area contributed by atoms with E-state index in [4.69, 9.17) is 0 Å². The van der Waals surface area contributed by atoms with Crippen LogP contribution >= 0.6 is 11.3 Å². The summed E-state index contributed by atoms with van der Waals surface area (Å²) in [5.74, 6) is -0.0392. The molecule has 148 valence electrons. The highest BCUT2D eigenvalue weighted by Gasteiger charge is 2.21. The van der Waals surface area contributed by atoms with Crippen molar-refractivity contribution in [1.82, 2.24) is 20.1 Å². The van der Waals surface area contributed by atoms with Gasteiger partial charge in [-0.1, -0.05) is 30.3 Å². The van der Waals surface area contributed by atoms with Gasteiger partial charge in [0.25, 0.3) is 0 Å². The molecule has 30 heavy (non-hydrogen) atoms. The molecule has 7 heteroatoms. The molecule has 5 rings (SSSR count). The predicted molar refractivity (Wildman–Crippen MR) is 116 cm³/mol. The zero-order chi connectivity index (χ0) is 20.7. The van der Waals surface area contributed by atoms with E-state index in [1.807, 2.05) is 54.3 Å². The van der Waals surface area contributed by atoms with Crippen LogP contribution in [-0.4, -0.2) is 27.1 Å². The van der Waals surface area contributed by atoms with Crippen molar-refractivity contribution in [2.24, 2.45) is 7.05 Å².